The molecule has 0 radical (unpaired) electrons. The van der Waals surface area contributed by atoms with Crippen LogP contribution in [0, 0.1) is 0 Å². The van der Waals surface area contributed by atoms with E-state index in [-0.39, 0.29) is 23.2 Å². The molecule has 0 aromatic heterocycles. The van der Waals surface area contributed by atoms with Crippen molar-refractivity contribution in [3.63, 3.8) is 0 Å². The molecular weight excluding hydrogens is 238 g/mol. The van der Waals surface area contributed by atoms with E-state index >= 15 is 0 Å². The molecule has 1 heterocycles. The minimum Gasteiger partial charge on any atom is -0.459 e. The number of carbonyl (C=O) groups is 1. The molecule has 0 aliphatic carbocycles. The Labute approximate surface area is 118 Å². The number of carbonyl (C=O) groups excluding carboxylic acids is 1. The smallest absolute Gasteiger partial charge is 0.333 e. The zero-order chi connectivity index (χ0) is 14.8. The second kappa shape index (κ2) is 5.66. The Kier molecular flexibility index (Phi) is 4.83. The van der Waals surface area contributed by atoms with Gasteiger partial charge in [0.25, 0.3) is 0 Å². The Morgan fingerprint density at radius 1 is 1.26 bits per heavy atom. The van der Waals surface area contributed by atoms with Gasteiger partial charge < -0.3 is 4.74 Å². The molecule has 1 aliphatic rings. The maximum atomic E-state index is 11.7. The lowest BCUT2D eigenvalue weighted by Crippen LogP contribution is -2.62. The topological polar surface area (TPSA) is 29.5 Å². The number of piperidine rings is 1. The average Bonchev–Trinajstić information content (AvgIpc) is 2.22. The quantitative estimate of drug-likeness (QED) is 0.576. The minimum atomic E-state index is -0.263. The molecule has 3 nitrogen and oxygen atoms in total. The van der Waals surface area contributed by atoms with E-state index in [1.54, 1.807) is 6.92 Å². The molecule has 1 saturated heterocycles. The lowest BCUT2D eigenvalue weighted by Gasteiger charge is -2.55. The number of rotatable bonds is 4. The Morgan fingerprint density at radius 3 is 2.11 bits per heavy atom. The number of nitrogens with zero attached hydrogens (tertiary/aromatic N) is 1. The van der Waals surface area contributed by atoms with Crippen LogP contribution in [-0.4, -0.2) is 34.6 Å². The molecule has 0 spiro atoms. The van der Waals surface area contributed by atoms with Crippen molar-refractivity contribution in [1.29, 1.82) is 0 Å². The van der Waals surface area contributed by atoms with E-state index in [0.29, 0.717) is 5.57 Å². The van der Waals surface area contributed by atoms with Crippen molar-refractivity contribution in [1.82, 2.24) is 4.90 Å². The van der Waals surface area contributed by atoms with E-state index in [2.05, 4.69) is 46.1 Å². The lowest BCUT2D eigenvalue weighted by atomic mass is 9.78. The largest absolute Gasteiger partial charge is 0.459 e. The number of hydrogen-bond donors (Lipinski definition) is 0. The number of hydrogen-bond acceptors (Lipinski definition) is 3. The summed E-state index contributed by atoms with van der Waals surface area (Å²) in [6, 6.07) is 0. The highest BCUT2D eigenvalue weighted by atomic mass is 16.5. The summed E-state index contributed by atoms with van der Waals surface area (Å²) in [5.41, 5.74) is 0.585. The van der Waals surface area contributed by atoms with Gasteiger partial charge in [0.15, 0.2) is 0 Å². The van der Waals surface area contributed by atoms with Crippen molar-refractivity contribution >= 4 is 5.97 Å². The Balaban J connectivity index is 2.84. The van der Waals surface area contributed by atoms with Gasteiger partial charge in [-0.2, -0.15) is 0 Å². The average molecular weight is 267 g/mol. The van der Waals surface area contributed by atoms with Crippen molar-refractivity contribution in [2.24, 2.45) is 0 Å². The summed E-state index contributed by atoms with van der Waals surface area (Å²) in [6.07, 6.45) is 2.90. The third kappa shape index (κ3) is 3.82. The highest BCUT2D eigenvalue weighted by Crippen LogP contribution is 2.39. The first kappa shape index (κ1) is 16.2. The Morgan fingerprint density at radius 2 is 1.74 bits per heavy atom. The van der Waals surface area contributed by atoms with Crippen LogP contribution in [0.3, 0.4) is 0 Å². The first-order valence-electron chi connectivity index (χ1n) is 7.24. The van der Waals surface area contributed by atoms with E-state index in [1.807, 2.05) is 0 Å². The molecule has 3 heteroatoms. The Hall–Kier alpha value is -0.830. The number of esters is 1. The normalized spacial score (nSPS) is 23.1. The van der Waals surface area contributed by atoms with Crippen molar-refractivity contribution in [3.05, 3.63) is 12.2 Å². The SMILES string of the molecule is C=C(C)C(=O)OC1CC(C)(C)N(CCC)C(C)(C)C1. The standard InChI is InChI=1S/C16H29NO2/c1-8-9-17-15(4,5)10-13(11-16(17,6)7)19-14(18)12(2)3/h13H,2,8-11H2,1,3-7H3. The summed E-state index contributed by atoms with van der Waals surface area (Å²) in [7, 11) is 0. The fourth-order valence-corrected chi connectivity index (χ4v) is 3.39. The predicted octanol–water partition coefficient (Wildman–Crippen LogP) is 3.54. The van der Waals surface area contributed by atoms with Crippen LogP contribution >= 0.6 is 0 Å². The monoisotopic (exact) mass is 267 g/mol. The van der Waals surface area contributed by atoms with Crippen LogP contribution in [0.4, 0.5) is 0 Å². The second-order valence-electron chi connectivity index (χ2n) is 6.99. The van der Waals surface area contributed by atoms with Crippen molar-refractivity contribution in [2.45, 2.75) is 78.0 Å². The van der Waals surface area contributed by atoms with Gasteiger partial charge in [-0.1, -0.05) is 13.5 Å². The van der Waals surface area contributed by atoms with Crippen LogP contribution in [0.25, 0.3) is 0 Å². The van der Waals surface area contributed by atoms with Gasteiger partial charge in [0.1, 0.15) is 6.10 Å². The summed E-state index contributed by atoms with van der Waals surface area (Å²) in [4.78, 5) is 14.3. The molecule has 0 unspecified atom stereocenters. The molecule has 1 rings (SSSR count). The molecule has 0 N–H and O–H groups in total. The number of ether oxygens (including phenoxy) is 1. The molecule has 19 heavy (non-hydrogen) atoms. The van der Waals surface area contributed by atoms with E-state index < -0.39 is 0 Å². The summed E-state index contributed by atoms with van der Waals surface area (Å²) >= 11 is 0. The maximum Gasteiger partial charge on any atom is 0.333 e. The molecule has 110 valence electrons. The van der Waals surface area contributed by atoms with Crippen molar-refractivity contribution in [2.75, 3.05) is 6.54 Å². The summed E-state index contributed by atoms with van der Waals surface area (Å²) in [5, 5.41) is 0. The molecule has 0 saturated carbocycles. The van der Waals surface area contributed by atoms with Crippen LogP contribution in [-0.2, 0) is 9.53 Å². The third-order valence-electron chi connectivity index (χ3n) is 3.99. The van der Waals surface area contributed by atoms with Gasteiger partial charge in [0, 0.05) is 29.5 Å². The molecule has 0 bridgehead atoms. The van der Waals surface area contributed by atoms with Gasteiger partial charge in [-0.15, -0.1) is 0 Å². The summed E-state index contributed by atoms with van der Waals surface area (Å²) in [5.74, 6) is -0.263. The van der Waals surface area contributed by atoms with Crippen LogP contribution in [0.2, 0.25) is 0 Å². The zero-order valence-electron chi connectivity index (χ0n) is 13.4. The minimum absolute atomic E-state index is 0.0118. The fraction of sp³-hybridized carbons (Fsp3) is 0.812. The van der Waals surface area contributed by atoms with Crippen LogP contribution < -0.4 is 0 Å². The van der Waals surface area contributed by atoms with Gasteiger partial charge in [-0.3, -0.25) is 4.90 Å². The van der Waals surface area contributed by atoms with E-state index in [4.69, 9.17) is 4.74 Å². The first-order chi connectivity index (χ1) is 8.60. The molecule has 0 amide bonds. The lowest BCUT2D eigenvalue weighted by molar-refractivity contribution is -0.155. The predicted molar refractivity (Wildman–Crippen MR) is 79.1 cm³/mol. The Bertz CT molecular complexity index is 340. The highest BCUT2D eigenvalue weighted by Gasteiger charge is 2.45. The molecule has 0 aromatic carbocycles. The van der Waals surface area contributed by atoms with E-state index in [9.17, 15) is 4.79 Å². The van der Waals surface area contributed by atoms with Crippen LogP contribution in [0.1, 0.15) is 60.8 Å². The summed E-state index contributed by atoms with van der Waals surface area (Å²) in [6.45, 7) is 17.6. The summed E-state index contributed by atoms with van der Waals surface area (Å²) < 4.78 is 5.59. The molecule has 1 aliphatic heterocycles. The van der Waals surface area contributed by atoms with E-state index in [0.717, 1.165) is 25.8 Å². The van der Waals surface area contributed by atoms with Gasteiger partial charge in [-0.25, -0.2) is 4.79 Å². The van der Waals surface area contributed by atoms with Gasteiger partial charge in [0.05, 0.1) is 0 Å². The fourth-order valence-electron chi connectivity index (χ4n) is 3.39. The van der Waals surface area contributed by atoms with Gasteiger partial charge >= 0.3 is 5.97 Å². The second-order valence-corrected chi connectivity index (χ2v) is 6.99. The van der Waals surface area contributed by atoms with E-state index in [1.165, 1.54) is 0 Å². The van der Waals surface area contributed by atoms with Crippen molar-refractivity contribution < 1.29 is 9.53 Å². The first-order valence-corrected chi connectivity index (χ1v) is 7.24. The van der Waals surface area contributed by atoms with Gasteiger partial charge in [-0.05, 0) is 47.6 Å². The number of likely N-dealkylation sites (tertiary alicyclic amines) is 1. The van der Waals surface area contributed by atoms with Crippen LogP contribution in [0.15, 0.2) is 12.2 Å². The molecule has 1 fully saturated rings. The molecule has 0 atom stereocenters. The molecular formula is C16H29NO2. The third-order valence-corrected chi connectivity index (χ3v) is 3.99. The molecule has 0 aromatic rings. The maximum absolute atomic E-state index is 11.7. The highest BCUT2D eigenvalue weighted by molar-refractivity contribution is 5.87. The van der Waals surface area contributed by atoms with Crippen molar-refractivity contribution in [3.8, 4) is 0 Å². The van der Waals surface area contributed by atoms with Crippen LogP contribution in [0.5, 0.6) is 0 Å². The van der Waals surface area contributed by atoms with Gasteiger partial charge in [0.2, 0.25) is 0 Å². The zero-order valence-corrected chi connectivity index (χ0v) is 13.4.